The average Bonchev–Trinajstić information content (AvgIpc) is 2.63. The van der Waals surface area contributed by atoms with Crippen molar-refractivity contribution >= 4 is 28.6 Å². The summed E-state index contributed by atoms with van der Waals surface area (Å²) in [6.45, 7) is 2.33. The SMILES string of the molecule is CC(=O)Oc1cc(OC(C)=O)c2c(=O)c(Oc3ccc([N+](=O)[O-])cc3)coc2c1. The Labute approximate surface area is 162 Å². The van der Waals surface area contributed by atoms with Crippen LogP contribution in [0.15, 0.2) is 51.9 Å². The van der Waals surface area contributed by atoms with Crippen molar-refractivity contribution in [2.24, 2.45) is 0 Å². The molecule has 1 aromatic heterocycles. The van der Waals surface area contributed by atoms with Crippen molar-refractivity contribution in [3.63, 3.8) is 0 Å². The van der Waals surface area contributed by atoms with Crippen LogP contribution >= 0.6 is 0 Å². The average molecular weight is 399 g/mol. The van der Waals surface area contributed by atoms with E-state index in [1.54, 1.807) is 0 Å². The molecule has 0 saturated heterocycles. The van der Waals surface area contributed by atoms with Crippen molar-refractivity contribution < 1.29 is 33.1 Å². The fourth-order valence-corrected chi connectivity index (χ4v) is 2.47. The molecule has 0 unspecified atom stereocenters. The Hall–Kier alpha value is -4.21. The minimum absolute atomic E-state index is 0.000972. The fraction of sp³-hybridized carbons (Fsp3) is 0.105. The van der Waals surface area contributed by atoms with E-state index in [1.165, 1.54) is 43.3 Å². The second-order valence-corrected chi connectivity index (χ2v) is 5.76. The van der Waals surface area contributed by atoms with Crippen molar-refractivity contribution in [2.45, 2.75) is 13.8 Å². The molecule has 2 aromatic carbocycles. The number of hydrogen-bond donors (Lipinski definition) is 0. The Bertz CT molecular complexity index is 1180. The lowest BCUT2D eigenvalue weighted by Crippen LogP contribution is -2.10. The van der Waals surface area contributed by atoms with Crippen LogP contribution < -0.4 is 19.6 Å². The molecule has 0 aliphatic heterocycles. The van der Waals surface area contributed by atoms with E-state index in [-0.39, 0.29) is 39.7 Å². The number of esters is 2. The van der Waals surface area contributed by atoms with Crippen LogP contribution in [0.3, 0.4) is 0 Å². The molecule has 0 atom stereocenters. The summed E-state index contributed by atoms with van der Waals surface area (Å²) in [5.41, 5.74) is -0.797. The molecule has 10 nitrogen and oxygen atoms in total. The molecule has 0 radical (unpaired) electrons. The monoisotopic (exact) mass is 399 g/mol. The van der Waals surface area contributed by atoms with Crippen molar-refractivity contribution in [2.75, 3.05) is 0 Å². The quantitative estimate of drug-likeness (QED) is 0.274. The second kappa shape index (κ2) is 7.80. The van der Waals surface area contributed by atoms with Gasteiger partial charge in [-0.25, -0.2) is 0 Å². The molecule has 0 aliphatic rings. The highest BCUT2D eigenvalue weighted by atomic mass is 16.6. The third-order valence-corrected chi connectivity index (χ3v) is 3.57. The first-order chi connectivity index (χ1) is 13.7. The first-order valence-corrected chi connectivity index (χ1v) is 8.13. The minimum Gasteiger partial charge on any atom is -0.460 e. The first kappa shape index (κ1) is 19.5. The van der Waals surface area contributed by atoms with Gasteiger partial charge < -0.3 is 18.6 Å². The predicted molar refractivity (Wildman–Crippen MR) is 98.3 cm³/mol. The highest BCUT2D eigenvalue weighted by Crippen LogP contribution is 2.32. The summed E-state index contributed by atoms with van der Waals surface area (Å²) in [4.78, 5) is 45.6. The van der Waals surface area contributed by atoms with Crippen LogP contribution in [0, 0.1) is 10.1 Å². The van der Waals surface area contributed by atoms with E-state index in [0.29, 0.717) is 0 Å². The second-order valence-electron chi connectivity index (χ2n) is 5.76. The first-order valence-electron chi connectivity index (χ1n) is 8.13. The Morgan fingerprint density at radius 3 is 2.21 bits per heavy atom. The van der Waals surface area contributed by atoms with Gasteiger partial charge in [0, 0.05) is 38.1 Å². The molecule has 0 spiro atoms. The zero-order chi connectivity index (χ0) is 21.1. The minimum atomic E-state index is -0.702. The topological polar surface area (TPSA) is 135 Å². The van der Waals surface area contributed by atoms with Gasteiger partial charge in [-0.15, -0.1) is 0 Å². The Morgan fingerprint density at radius 2 is 1.62 bits per heavy atom. The molecule has 0 fully saturated rings. The molecule has 0 bridgehead atoms. The number of benzene rings is 2. The molecule has 0 saturated carbocycles. The van der Waals surface area contributed by atoms with E-state index < -0.39 is 22.3 Å². The number of nitro groups is 1. The summed E-state index contributed by atoms with van der Waals surface area (Å²) >= 11 is 0. The molecular weight excluding hydrogens is 386 g/mol. The number of rotatable bonds is 5. The predicted octanol–water partition coefficient (Wildman–Crippen LogP) is 3.34. The van der Waals surface area contributed by atoms with Gasteiger partial charge in [0.05, 0.1) is 4.92 Å². The number of carbonyl (C=O) groups excluding carboxylic acids is 2. The molecule has 0 aliphatic carbocycles. The van der Waals surface area contributed by atoms with Gasteiger partial charge in [0.25, 0.3) is 5.69 Å². The standard InChI is InChI=1S/C19H13NO9/c1-10(21)27-14-7-15-18(16(8-14)28-11(2)22)19(23)17(9-26-15)29-13-5-3-12(4-6-13)20(24)25/h3-9H,1-2H3. The maximum atomic E-state index is 12.9. The van der Waals surface area contributed by atoms with Crippen molar-refractivity contribution in [3.05, 3.63) is 63.0 Å². The number of nitrogens with zero attached hydrogens (tertiary/aromatic N) is 1. The van der Waals surface area contributed by atoms with Gasteiger partial charge in [0.15, 0.2) is 0 Å². The summed E-state index contributed by atoms with van der Waals surface area (Å²) in [6.07, 6.45) is 1.03. The van der Waals surface area contributed by atoms with Crippen LogP contribution in [0.25, 0.3) is 11.0 Å². The van der Waals surface area contributed by atoms with Crippen LogP contribution in [-0.2, 0) is 9.59 Å². The van der Waals surface area contributed by atoms with Gasteiger partial charge >= 0.3 is 11.9 Å². The molecule has 3 aromatic rings. The molecule has 148 valence electrons. The third kappa shape index (κ3) is 4.38. The Morgan fingerprint density at radius 1 is 0.966 bits per heavy atom. The number of hydrogen-bond acceptors (Lipinski definition) is 9. The Kier molecular flexibility index (Phi) is 5.26. The van der Waals surface area contributed by atoms with Crippen molar-refractivity contribution in [1.29, 1.82) is 0 Å². The van der Waals surface area contributed by atoms with Gasteiger partial charge in [-0.3, -0.25) is 24.5 Å². The highest BCUT2D eigenvalue weighted by Gasteiger charge is 2.18. The number of fused-ring (bicyclic) bond motifs is 1. The highest BCUT2D eigenvalue weighted by molar-refractivity contribution is 5.89. The number of non-ortho nitro benzene ring substituents is 1. The lowest BCUT2D eigenvalue weighted by molar-refractivity contribution is -0.384. The molecule has 10 heteroatoms. The summed E-state index contributed by atoms with van der Waals surface area (Å²) in [5, 5.41) is 10.6. The van der Waals surface area contributed by atoms with Gasteiger partial charge in [-0.05, 0) is 12.1 Å². The van der Waals surface area contributed by atoms with Crippen molar-refractivity contribution in [1.82, 2.24) is 0 Å². The van der Waals surface area contributed by atoms with Crippen LogP contribution in [0.5, 0.6) is 23.0 Å². The zero-order valence-corrected chi connectivity index (χ0v) is 15.2. The Balaban J connectivity index is 2.07. The van der Waals surface area contributed by atoms with Crippen LogP contribution in [0.1, 0.15) is 13.8 Å². The van der Waals surface area contributed by atoms with Gasteiger partial charge in [-0.2, -0.15) is 0 Å². The summed E-state index contributed by atoms with van der Waals surface area (Å²) < 4.78 is 20.9. The molecule has 0 amide bonds. The largest absolute Gasteiger partial charge is 0.460 e. The normalized spacial score (nSPS) is 10.4. The lowest BCUT2D eigenvalue weighted by atomic mass is 10.2. The fourth-order valence-electron chi connectivity index (χ4n) is 2.47. The van der Waals surface area contributed by atoms with Gasteiger partial charge in [-0.1, -0.05) is 0 Å². The van der Waals surface area contributed by atoms with E-state index in [9.17, 15) is 24.5 Å². The van der Waals surface area contributed by atoms with E-state index >= 15 is 0 Å². The van der Waals surface area contributed by atoms with E-state index in [4.69, 9.17) is 18.6 Å². The van der Waals surface area contributed by atoms with E-state index in [0.717, 1.165) is 13.2 Å². The molecule has 3 rings (SSSR count). The summed E-state index contributed by atoms with van der Waals surface area (Å²) in [5.74, 6) is -1.54. The van der Waals surface area contributed by atoms with E-state index in [1.807, 2.05) is 0 Å². The third-order valence-electron chi connectivity index (χ3n) is 3.57. The zero-order valence-electron chi connectivity index (χ0n) is 15.2. The molecule has 29 heavy (non-hydrogen) atoms. The molecule has 0 N–H and O–H groups in total. The number of nitro benzene ring substituents is 1. The van der Waals surface area contributed by atoms with Crippen LogP contribution in [0.4, 0.5) is 5.69 Å². The maximum absolute atomic E-state index is 12.9. The maximum Gasteiger partial charge on any atom is 0.308 e. The van der Waals surface area contributed by atoms with Gasteiger partial charge in [0.2, 0.25) is 11.2 Å². The lowest BCUT2D eigenvalue weighted by Gasteiger charge is -2.10. The van der Waals surface area contributed by atoms with Crippen molar-refractivity contribution in [3.8, 4) is 23.0 Å². The summed E-state index contributed by atoms with van der Waals surface area (Å²) in [6, 6.07) is 7.57. The van der Waals surface area contributed by atoms with Crippen LogP contribution in [0.2, 0.25) is 0 Å². The molecular formula is C19H13NO9. The van der Waals surface area contributed by atoms with Gasteiger partial charge in [0.1, 0.15) is 34.5 Å². The smallest absolute Gasteiger partial charge is 0.308 e. The van der Waals surface area contributed by atoms with E-state index in [2.05, 4.69) is 0 Å². The number of ether oxygens (including phenoxy) is 3. The van der Waals surface area contributed by atoms with Crippen LogP contribution in [-0.4, -0.2) is 16.9 Å². The summed E-state index contributed by atoms with van der Waals surface area (Å²) in [7, 11) is 0. The number of carbonyl (C=O) groups is 2. The molecule has 1 heterocycles.